The van der Waals surface area contributed by atoms with E-state index in [1.54, 1.807) is 0 Å². The summed E-state index contributed by atoms with van der Waals surface area (Å²) in [4.78, 5) is 13.4. The lowest BCUT2D eigenvalue weighted by Crippen LogP contribution is -2.42. The van der Waals surface area contributed by atoms with Gasteiger partial charge in [0.2, 0.25) is 0 Å². The van der Waals surface area contributed by atoms with Gasteiger partial charge < -0.3 is 5.11 Å². The minimum absolute atomic E-state index is 0.178. The van der Waals surface area contributed by atoms with Crippen molar-refractivity contribution in [3.05, 3.63) is 17.0 Å². The van der Waals surface area contributed by atoms with Crippen LogP contribution >= 0.6 is 0 Å². The molecule has 19 heavy (non-hydrogen) atoms. The van der Waals surface area contributed by atoms with Gasteiger partial charge in [0.25, 0.3) is 0 Å². The van der Waals surface area contributed by atoms with E-state index >= 15 is 0 Å². The third-order valence-corrected chi connectivity index (χ3v) is 4.38. The Bertz CT molecular complexity index is 481. The van der Waals surface area contributed by atoms with Crippen LogP contribution in [0.3, 0.4) is 0 Å². The summed E-state index contributed by atoms with van der Waals surface area (Å²) in [5.74, 6) is -0.831. The molecule has 1 aromatic rings. The van der Waals surface area contributed by atoms with Crippen molar-refractivity contribution < 1.29 is 9.90 Å². The Kier molecular flexibility index (Phi) is 3.94. The van der Waals surface area contributed by atoms with Crippen molar-refractivity contribution >= 4 is 5.97 Å². The predicted octanol–water partition coefficient (Wildman–Crippen LogP) is 1.72. The zero-order chi connectivity index (χ0) is 14.2. The van der Waals surface area contributed by atoms with Crippen LogP contribution < -0.4 is 0 Å². The number of nitrogens with zero attached hydrogens (tertiary/aromatic N) is 3. The summed E-state index contributed by atoms with van der Waals surface area (Å²) < 4.78 is 1.92. The highest BCUT2D eigenvalue weighted by Gasteiger charge is 2.30. The molecule has 0 aromatic carbocycles. The Labute approximate surface area is 114 Å². The first-order chi connectivity index (χ1) is 8.90. The summed E-state index contributed by atoms with van der Waals surface area (Å²) in [5, 5.41) is 13.5. The third-order valence-electron chi connectivity index (χ3n) is 4.38. The van der Waals surface area contributed by atoms with Gasteiger partial charge in [-0.3, -0.25) is 14.4 Å². The normalized spacial score (nSPS) is 24.6. The van der Waals surface area contributed by atoms with Gasteiger partial charge in [0.05, 0.1) is 11.6 Å². The number of carboxylic acids is 1. The van der Waals surface area contributed by atoms with Gasteiger partial charge in [-0.15, -0.1) is 0 Å². The molecule has 1 fully saturated rings. The van der Waals surface area contributed by atoms with Crippen LogP contribution in [-0.2, 0) is 18.4 Å². The van der Waals surface area contributed by atoms with E-state index in [2.05, 4.69) is 23.8 Å². The van der Waals surface area contributed by atoms with E-state index in [1.165, 1.54) is 11.3 Å². The summed E-state index contributed by atoms with van der Waals surface area (Å²) in [5.41, 5.74) is 3.56. The van der Waals surface area contributed by atoms with E-state index in [0.29, 0.717) is 6.04 Å². The lowest BCUT2D eigenvalue weighted by atomic mass is 9.91. The van der Waals surface area contributed by atoms with Gasteiger partial charge in [-0.1, -0.05) is 0 Å². The topological polar surface area (TPSA) is 58.4 Å². The van der Waals surface area contributed by atoms with Gasteiger partial charge in [-0.25, -0.2) is 0 Å². The monoisotopic (exact) mass is 265 g/mol. The second-order valence-corrected chi connectivity index (χ2v) is 5.65. The minimum Gasteiger partial charge on any atom is -0.481 e. The van der Waals surface area contributed by atoms with Gasteiger partial charge in [-0.2, -0.15) is 5.10 Å². The van der Waals surface area contributed by atoms with Crippen LogP contribution in [0.4, 0.5) is 0 Å². The summed E-state index contributed by atoms with van der Waals surface area (Å²) in [6.45, 7) is 7.97. The minimum atomic E-state index is -0.653. The van der Waals surface area contributed by atoms with E-state index in [1.807, 2.05) is 18.7 Å². The van der Waals surface area contributed by atoms with Crippen LogP contribution in [0.15, 0.2) is 0 Å². The van der Waals surface area contributed by atoms with E-state index in [0.717, 1.165) is 31.6 Å². The molecular formula is C14H23N3O2. The maximum absolute atomic E-state index is 11.0. The first-order valence-electron chi connectivity index (χ1n) is 6.86. The van der Waals surface area contributed by atoms with E-state index in [9.17, 15) is 4.79 Å². The highest BCUT2D eigenvalue weighted by atomic mass is 16.4. The summed E-state index contributed by atoms with van der Waals surface area (Å²) in [7, 11) is 1.96. The van der Waals surface area contributed by atoms with Gasteiger partial charge in [0.1, 0.15) is 0 Å². The molecule has 1 aliphatic rings. The van der Waals surface area contributed by atoms with E-state index < -0.39 is 5.97 Å². The molecule has 1 N–H and O–H groups in total. The fourth-order valence-electron chi connectivity index (χ4n) is 2.93. The average Bonchev–Trinajstić information content (AvgIpc) is 2.58. The summed E-state index contributed by atoms with van der Waals surface area (Å²) >= 11 is 0. The maximum Gasteiger partial charge on any atom is 0.306 e. The van der Waals surface area contributed by atoms with Crippen LogP contribution in [0, 0.1) is 19.8 Å². The maximum atomic E-state index is 11.0. The number of carbonyl (C=O) groups is 1. The van der Waals surface area contributed by atoms with Crippen molar-refractivity contribution in [2.45, 2.75) is 46.2 Å². The van der Waals surface area contributed by atoms with Crippen molar-refractivity contribution in [2.24, 2.45) is 13.0 Å². The fraction of sp³-hybridized carbons (Fsp3) is 0.714. The Morgan fingerprint density at radius 3 is 2.63 bits per heavy atom. The van der Waals surface area contributed by atoms with Gasteiger partial charge >= 0.3 is 5.97 Å². The number of carboxylic acid groups (broad SMARTS) is 1. The van der Waals surface area contributed by atoms with Crippen molar-refractivity contribution in [3.63, 3.8) is 0 Å². The first kappa shape index (κ1) is 14.1. The molecule has 1 aliphatic heterocycles. The quantitative estimate of drug-likeness (QED) is 0.904. The smallest absolute Gasteiger partial charge is 0.306 e. The van der Waals surface area contributed by atoms with Crippen molar-refractivity contribution in [1.82, 2.24) is 14.7 Å². The number of hydrogen-bond donors (Lipinski definition) is 1. The van der Waals surface area contributed by atoms with Crippen LogP contribution in [-0.4, -0.2) is 38.3 Å². The third kappa shape index (κ3) is 2.81. The number of likely N-dealkylation sites (tertiary alicyclic amines) is 1. The molecular weight excluding hydrogens is 242 g/mol. The first-order valence-corrected chi connectivity index (χ1v) is 6.86. The van der Waals surface area contributed by atoms with Gasteiger partial charge in [0, 0.05) is 30.9 Å². The number of aromatic nitrogens is 2. The number of piperidine rings is 1. The van der Waals surface area contributed by atoms with Crippen molar-refractivity contribution in [2.75, 3.05) is 6.54 Å². The van der Waals surface area contributed by atoms with Crippen LogP contribution in [0.5, 0.6) is 0 Å². The number of hydrogen-bond acceptors (Lipinski definition) is 3. The number of aliphatic carboxylic acids is 1. The highest BCUT2D eigenvalue weighted by Crippen LogP contribution is 2.26. The number of aryl methyl sites for hydroxylation is 2. The zero-order valence-corrected chi connectivity index (χ0v) is 12.2. The van der Waals surface area contributed by atoms with E-state index in [-0.39, 0.29) is 5.92 Å². The highest BCUT2D eigenvalue weighted by molar-refractivity contribution is 5.70. The molecule has 0 bridgehead atoms. The van der Waals surface area contributed by atoms with Crippen LogP contribution in [0.2, 0.25) is 0 Å². The number of rotatable bonds is 3. The lowest BCUT2D eigenvalue weighted by Gasteiger charge is -2.36. The van der Waals surface area contributed by atoms with Gasteiger partial charge in [0.15, 0.2) is 0 Å². The molecule has 0 saturated carbocycles. The second kappa shape index (κ2) is 5.33. The second-order valence-electron chi connectivity index (χ2n) is 5.65. The average molecular weight is 265 g/mol. The largest absolute Gasteiger partial charge is 0.481 e. The summed E-state index contributed by atoms with van der Waals surface area (Å²) in [6.07, 6.45) is 1.49. The standard InChI is InChI=1S/C14H23N3O2/c1-9-7-12(14(18)19)5-6-17(9)8-13-10(2)15-16(4)11(13)3/h9,12H,5-8H2,1-4H3,(H,18,19). The molecule has 5 heteroatoms. The Hall–Kier alpha value is -1.36. The Morgan fingerprint density at radius 1 is 1.47 bits per heavy atom. The molecule has 0 spiro atoms. The molecule has 2 rings (SSSR count). The molecule has 1 aromatic heterocycles. The predicted molar refractivity (Wildman–Crippen MR) is 72.9 cm³/mol. The molecule has 0 aliphatic carbocycles. The zero-order valence-electron chi connectivity index (χ0n) is 12.2. The van der Waals surface area contributed by atoms with Gasteiger partial charge in [-0.05, 0) is 40.2 Å². The fourth-order valence-corrected chi connectivity index (χ4v) is 2.93. The van der Waals surface area contributed by atoms with Crippen LogP contribution in [0.1, 0.15) is 36.7 Å². The molecule has 5 nitrogen and oxygen atoms in total. The SMILES string of the molecule is Cc1nn(C)c(C)c1CN1CCC(C(=O)O)CC1C. The molecule has 1 saturated heterocycles. The van der Waals surface area contributed by atoms with Crippen molar-refractivity contribution in [1.29, 1.82) is 0 Å². The van der Waals surface area contributed by atoms with E-state index in [4.69, 9.17) is 5.11 Å². The molecule has 0 amide bonds. The molecule has 0 radical (unpaired) electrons. The molecule has 2 heterocycles. The molecule has 106 valence electrons. The van der Waals surface area contributed by atoms with Crippen LogP contribution in [0.25, 0.3) is 0 Å². The molecule has 2 atom stereocenters. The summed E-state index contributed by atoms with van der Waals surface area (Å²) in [6, 6.07) is 0.314. The Balaban J connectivity index is 2.06. The van der Waals surface area contributed by atoms with Crippen molar-refractivity contribution in [3.8, 4) is 0 Å². The Morgan fingerprint density at radius 2 is 2.16 bits per heavy atom. The lowest BCUT2D eigenvalue weighted by molar-refractivity contribution is -0.144. The molecule has 2 unspecified atom stereocenters.